The minimum atomic E-state index is 0.576. The Bertz CT molecular complexity index is 344. The topological polar surface area (TPSA) is 12.0 Å². The fourth-order valence-corrected chi connectivity index (χ4v) is 2.96. The number of rotatable bonds is 4. The summed E-state index contributed by atoms with van der Waals surface area (Å²) in [5.74, 6) is 0.926. The molecular weight excluding hydrogens is 262 g/mol. The van der Waals surface area contributed by atoms with Crippen LogP contribution in [0.2, 0.25) is 0 Å². The summed E-state index contributed by atoms with van der Waals surface area (Å²) in [7, 11) is 0. The van der Waals surface area contributed by atoms with Crippen LogP contribution < -0.4 is 5.32 Å². The van der Waals surface area contributed by atoms with Gasteiger partial charge in [-0.3, -0.25) is 0 Å². The zero-order valence-corrected chi connectivity index (χ0v) is 11.6. The van der Waals surface area contributed by atoms with E-state index in [1.165, 1.54) is 22.9 Å². The average molecular weight is 282 g/mol. The predicted octanol–water partition coefficient (Wildman–Crippen LogP) is 3.77. The van der Waals surface area contributed by atoms with Crippen molar-refractivity contribution in [2.24, 2.45) is 5.92 Å². The molecule has 1 fully saturated rings. The standard InChI is InChI=1S/C14H20BrN/c1-10-6-14(7-10)16-11(2)8-12-4-3-5-13(15)9-12/h3-5,9-11,14,16H,6-8H2,1-2H3. The van der Waals surface area contributed by atoms with Gasteiger partial charge in [0, 0.05) is 16.6 Å². The largest absolute Gasteiger partial charge is 0.311 e. The normalized spacial score (nSPS) is 26.2. The van der Waals surface area contributed by atoms with Crippen LogP contribution in [0.4, 0.5) is 0 Å². The SMILES string of the molecule is CC1CC(NC(C)Cc2cccc(Br)c2)C1. The van der Waals surface area contributed by atoms with Crippen LogP contribution >= 0.6 is 15.9 Å². The highest BCUT2D eigenvalue weighted by atomic mass is 79.9. The third kappa shape index (κ3) is 3.33. The van der Waals surface area contributed by atoms with Crippen molar-refractivity contribution in [2.75, 3.05) is 0 Å². The van der Waals surface area contributed by atoms with Crippen molar-refractivity contribution in [3.05, 3.63) is 34.3 Å². The van der Waals surface area contributed by atoms with Gasteiger partial charge in [0.2, 0.25) is 0 Å². The van der Waals surface area contributed by atoms with E-state index in [0.717, 1.165) is 18.4 Å². The molecule has 1 aromatic carbocycles. The van der Waals surface area contributed by atoms with Crippen molar-refractivity contribution >= 4 is 15.9 Å². The molecule has 1 atom stereocenters. The highest BCUT2D eigenvalue weighted by Gasteiger charge is 2.25. The Morgan fingerprint density at radius 3 is 2.81 bits per heavy atom. The summed E-state index contributed by atoms with van der Waals surface area (Å²) < 4.78 is 1.18. The Hall–Kier alpha value is -0.340. The van der Waals surface area contributed by atoms with Crippen LogP contribution in [0.15, 0.2) is 28.7 Å². The molecule has 0 amide bonds. The molecule has 1 saturated carbocycles. The molecule has 1 aromatic rings. The Labute approximate surface area is 107 Å². The van der Waals surface area contributed by atoms with Crippen molar-refractivity contribution in [2.45, 2.75) is 45.2 Å². The van der Waals surface area contributed by atoms with Gasteiger partial charge in [-0.25, -0.2) is 0 Å². The molecule has 1 nitrogen and oxygen atoms in total. The van der Waals surface area contributed by atoms with Crippen LogP contribution in [0.25, 0.3) is 0 Å². The Morgan fingerprint density at radius 1 is 1.44 bits per heavy atom. The van der Waals surface area contributed by atoms with E-state index < -0.39 is 0 Å². The summed E-state index contributed by atoms with van der Waals surface area (Å²) in [5.41, 5.74) is 1.40. The first-order valence-corrected chi connectivity index (χ1v) is 6.93. The van der Waals surface area contributed by atoms with E-state index in [-0.39, 0.29) is 0 Å². The molecule has 1 N–H and O–H groups in total. The molecule has 0 aliphatic heterocycles. The molecule has 2 rings (SSSR count). The number of benzene rings is 1. The van der Waals surface area contributed by atoms with Gasteiger partial charge in [0.05, 0.1) is 0 Å². The molecule has 88 valence electrons. The van der Waals surface area contributed by atoms with Crippen LogP contribution in [0.3, 0.4) is 0 Å². The van der Waals surface area contributed by atoms with E-state index >= 15 is 0 Å². The first kappa shape index (κ1) is 12.1. The molecule has 1 aliphatic carbocycles. The second-order valence-corrected chi connectivity index (χ2v) is 6.09. The van der Waals surface area contributed by atoms with Crippen LogP contribution in [-0.2, 0) is 6.42 Å². The van der Waals surface area contributed by atoms with Crippen LogP contribution in [-0.4, -0.2) is 12.1 Å². The lowest BCUT2D eigenvalue weighted by Crippen LogP contribution is -2.45. The highest BCUT2D eigenvalue weighted by Crippen LogP contribution is 2.26. The number of nitrogens with one attached hydrogen (secondary N) is 1. The van der Waals surface area contributed by atoms with E-state index in [1.807, 2.05) is 0 Å². The summed E-state index contributed by atoms with van der Waals surface area (Å²) in [6.07, 6.45) is 3.82. The fraction of sp³-hybridized carbons (Fsp3) is 0.571. The summed E-state index contributed by atoms with van der Waals surface area (Å²) in [5, 5.41) is 3.70. The summed E-state index contributed by atoms with van der Waals surface area (Å²) in [6, 6.07) is 9.93. The van der Waals surface area contributed by atoms with Crippen LogP contribution in [0, 0.1) is 5.92 Å². The summed E-state index contributed by atoms with van der Waals surface area (Å²) in [6.45, 7) is 4.61. The van der Waals surface area contributed by atoms with E-state index in [4.69, 9.17) is 0 Å². The molecule has 0 spiro atoms. The maximum atomic E-state index is 3.70. The van der Waals surface area contributed by atoms with Crippen molar-refractivity contribution in [3.8, 4) is 0 Å². The lowest BCUT2D eigenvalue weighted by molar-refractivity contribution is 0.225. The summed E-state index contributed by atoms with van der Waals surface area (Å²) in [4.78, 5) is 0. The molecule has 1 aliphatic rings. The maximum absolute atomic E-state index is 3.70. The van der Waals surface area contributed by atoms with Gasteiger partial charge < -0.3 is 5.32 Å². The minimum Gasteiger partial charge on any atom is -0.311 e. The van der Waals surface area contributed by atoms with Gasteiger partial charge in [0.15, 0.2) is 0 Å². The van der Waals surface area contributed by atoms with Crippen molar-refractivity contribution in [1.29, 1.82) is 0 Å². The first-order chi connectivity index (χ1) is 7.63. The van der Waals surface area contributed by atoms with Crippen LogP contribution in [0.1, 0.15) is 32.3 Å². The molecular formula is C14H20BrN. The number of hydrogen-bond acceptors (Lipinski definition) is 1. The van der Waals surface area contributed by atoms with E-state index in [1.54, 1.807) is 0 Å². The lowest BCUT2D eigenvalue weighted by Gasteiger charge is -2.35. The molecule has 0 bridgehead atoms. The van der Waals surface area contributed by atoms with E-state index in [9.17, 15) is 0 Å². The Morgan fingerprint density at radius 2 is 2.19 bits per heavy atom. The fourth-order valence-electron chi connectivity index (χ4n) is 2.52. The van der Waals surface area contributed by atoms with Crippen molar-refractivity contribution in [1.82, 2.24) is 5.32 Å². The third-order valence-electron chi connectivity index (χ3n) is 3.32. The van der Waals surface area contributed by atoms with E-state index in [2.05, 4.69) is 59.4 Å². The Kier molecular flexibility index (Phi) is 4.04. The molecule has 1 unspecified atom stereocenters. The van der Waals surface area contributed by atoms with Gasteiger partial charge in [0.25, 0.3) is 0 Å². The third-order valence-corrected chi connectivity index (χ3v) is 3.82. The molecule has 0 radical (unpaired) electrons. The van der Waals surface area contributed by atoms with Gasteiger partial charge in [0.1, 0.15) is 0 Å². The summed E-state index contributed by atoms with van der Waals surface area (Å²) >= 11 is 3.52. The molecule has 0 aromatic heterocycles. The molecule has 0 saturated heterocycles. The van der Waals surface area contributed by atoms with Gasteiger partial charge in [-0.2, -0.15) is 0 Å². The second-order valence-electron chi connectivity index (χ2n) is 5.18. The highest BCUT2D eigenvalue weighted by molar-refractivity contribution is 9.10. The van der Waals surface area contributed by atoms with Gasteiger partial charge in [-0.1, -0.05) is 35.0 Å². The number of halogens is 1. The van der Waals surface area contributed by atoms with Crippen LogP contribution in [0.5, 0.6) is 0 Å². The smallest absolute Gasteiger partial charge is 0.0178 e. The second kappa shape index (κ2) is 5.33. The molecule has 0 heterocycles. The van der Waals surface area contributed by atoms with E-state index in [0.29, 0.717) is 6.04 Å². The van der Waals surface area contributed by atoms with Gasteiger partial charge in [-0.15, -0.1) is 0 Å². The minimum absolute atomic E-state index is 0.576. The zero-order valence-electron chi connectivity index (χ0n) is 10.0. The predicted molar refractivity (Wildman–Crippen MR) is 72.6 cm³/mol. The monoisotopic (exact) mass is 281 g/mol. The Balaban J connectivity index is 1.80. The van der Waals surface area contributed by atoms with Crippen molar-refractivity contribution in [3.63, 3.8) is 0 Å². The zero-order chi connectivity index (χ0) is 11.5. The average Bonchev–Trinajstić information content (AvgIpc) is 2.15. The lowest BCUT2D eigenvalue weighted by atomic mass is 9.81. The molecule has 2 heteroatoms. The number of hydrogen-bond donors (Lipinski definition) is 1. The van der Waals surface area contributed by atoms with Gasteiger partial charge >= 0.3 is 0 Å². The van der Waals surface area contributed by atoms with Crippen molar-refractivity contribution < 1.29 is 0 Å². The quantitative estimate of drug-likeness (QED) is 0.886. The first-order valence-electron chi connectivity index (χ1n) is 6.14. The molecule has 16 heavy (non-hydrogen) atoms. The van der Waals surface area contributed by atoms with Gasteiger partial charge in [-0.05, 0) is 49.8 Å². The maximum Gasteiger partial charge on any atom is 0.0178 e.